The molecule has 1 aliphatic carbocycles. The molecule has 1 aromatic rings. The zero-order valence-corrected chi connectivity index (χ0v) is 14.4. The van der Waals surface area contributed by atoms with Crippen LogP contribution in [0.3, 0.4) is 0 Å². The Hall–Kier alpha value is -0.650. The molecule has 2 heterocycles. The van der Waals surface area contributed by atoms with Crippen molar-refractivity contribution in [2.45, 2.75) is 52.1 Å². The number of aromatic nitrogens is 1. The summed E-state index contributed by atoms with van der Waals surface area (Å²) < 4.78 is 0. The molecule has 2 unspecified atom stereocenters. The van der Waals surface area contributed by atoms with Gasteiger partial charge in [0, 0.05) is 30.6 Å². The van der Waals surface area contributed by atoms with Crippen molar-refractivity contribution in [2.24, 2.45) is 0 Å². The molecule has 0 radical (unpaired) electrons. The van der Waals surface area contributed by atoms with E-state index >= 15 is 0 Å². The smallest absolute Gasteiger partial charge is 0.185 e. The fourth-order valence-corrected chi connectivity index (χ4v) is 4.82. The summed E-state index contributed by atoms with van der Waals surface area (Å²) in [5.74, 6) is 0. The van der Waals surface area contributed by atoms with Crippen LogP contribution in [0.25, 0.3) is 0 Å². The zero-order valence-electron chi connectivity index (χ0n) is 13.6. The highest BCUT2D eigenvalue weighted by molar-refractivity contribution is 7.15. The second kappa shape index (κ2) is 6.63. The van der Waals surface area contributed by atoms with Crippen molar-refractivity contribution in [2.75, 3.05) is 37.6 Å². The van der Waals surface area contributed by atoms with E-state index < -0.39 is 0 Å². The molecule has 1 saturated heterocycles. The maximum Gasteiger partial charge on any atom is 0.185 e. The van der Waals surface area contributed by atoms with E-state index in [-0.39, 0.29) is 0 Å². The van der Waals surface area contributed by atoms with Gasteiger partial charge >= 0.3 is 0 Å². The van der Waals surface area contributed by atoms with Crippen LogP contribution in [0.4, 0.5) is 5.13 Å². The Balaban J connectivity index is 1.75. The van der Waals surface area contributed by atoms with Crippen LogP contribution >= 0.6 is 11.3 Å². The van der Waals surface area contributed by atoms with E-state index in [9.17, 15) is 0 Å². The third-order valence-corrected chi connectivity index (χ3v) is 6.03. The molecule has 3 rings (SSSR count). The third kappa shape index (κ3) is 3.10. The highest BCUT2D eigenvalue weighted by Gasteiger charge is 2.28. The summed E-state index contributed by atoms with van der Waals surface area (Å²) in [7, 11) is 0. The van der Waals surface area contributed by atoms with Crippen LogP contribution in [0.5, 0.6) is 0 Å². The van der Waals surface area contributed by atoms with Gasteiger partial charge in [-0.3, -0.25) is 4.90 Å². The average Bonchev–Trinajstić information content (AvgIpc) is 2.92. The van der Waals surface area contributed by atoms with Crippen LogP contribution in [0.1, 0.15) is 50.2 Å². The molecule has 118 valence electrons. The minimum Gasteiger partial charge on any atom is -0.345 e. The van der Waals surface area contributed by atoms with Crippen molar-refractivity contribution in [3.63, 3.8) is 0 Å². The van der Waals surface area contributed by atoms with E-state index in [0.29, 0.717) is 12.1 Å². The molecular weight excluding hydrogens is 280 g/mol. The molecule has 1 N–H and O–H groups in total. The van der Waals surface area contributed by atoms with E-state index in [1.54, 1.807) is 0 Å². The summed E-state index contributed by atoms with van der Waals surface area (Å²) in [5.41, 5.74) is 1.34. The topological polar surface area (TPSA) is 31.4 Å². The molecule has 5 heteroatoms. The minimum absolute atomic E-state index is 0.484. The Morgan fingerprint density at radius 1 is 1.33 bits per heavy atom. The number of anilines is 1. The van der Waals surface area contributed by atoms with E-state index in [0.717, 1.165) is 26.2 Å². The van der Waals surface area contributed by atoms with E-state index in [2.05, 4.69) is 35.9 Å². The lowest BCUT2D eigenvalue weighted by atomic mass is 9.98. The van der Waals surface area contributed by atoms with Gasteiger partial charge in [0.2, 0.25) is 0 Å². The second-order valence-corrected chi connectivity index (χ2v) is 7.29. The second-order valence-electron chi connectivity index (χ2n) is 6.23. The summed E-state index contributed by atoms with van der Waals surface area (Å²) in [6, 6.07) is 1.12. The van der Waals surface area contributed by atoms with Gasteiger partial charge < -0.3 is 10.2 Å². The zero-order chi connectivity index (χ0) is 14.8. The number of hydrogen-bond donors (Lipinski definition) is 1. The Morgan fingerprint density at radius 2 is 2.19 bits per heavy atom. The number of likely N-dealkylation sites (N-methyl/N-ethyl adjacent to an activating group) is 1. The van der Waals surface area contributed by atoms with Gasteiger partial charge in [0.1, 0.15) is 0 Å². The van der Waals surface area contributed by atoms with E-state index in [4.69, 9.17) is 4.98 Å². The lowest BCUT2D eigenvalue weighted by molar-refractivity contribution is 0.199. The maximum absolute atomic E-state index is 5.02. The van der Waals surface area contributed by atoms with Crippen LogP contribution in [-0.4, -0.2) is 48.6 Å². The van der Waals surface area contributed by atoms with Crippen molar-refractivity contribution in [1.82, 2.24) is 15.2 Å². The standard InChI is InChI=1S/C16H28N4S/c1-4-17-13-7-6-8-14-15(13)18-16(21-14)20-10-9-19(5-2)12(3)11-20/h12-13,17H,4-11H2,1-3H3. The first-order valence-corrected chi connectivity index (χ1v) is 9.26. The molecular formula is C16H28N4S. The first kappa shape index (κ1) is 15.3. The lowest BCUT2D eigenvalue weighted by Crippen LogP contribution is -2.51. The van der Waals surface area contributed by atoms with Crippen LogP contribution in [-0.2, 0) is 6.42 Å². The molecule has 0 amide bonds. The first-order chi connectivity index (χ1) is 10.2. The van der Waals surface area contributed by atoms with Crippen LogP contribution in [0.2, 0.25) is 0 Å². The Kier molecular flexibility index (Phi) is 4.82. The largest absolute Gasteiger partial charge is 0.345 e. The molecule has 1 aliphatic heterocycles. The molecule has 21 heavy (non-hydrogen) atoms. The number of fused-ring (bicyclic) bond motifs is 1. The number of rotatable bonds is 4. The van der Waals surface area contributed by atoms with E-state index in [1.807, 2.05) is 11.3 Å². The van der Waals surface area contributed by atoms with Crippen molar-refractivity contribution in [1.29, 1.82) is 0 Å². The predicted molar refractivity (Wildman–Crippen MR) is 90.4 cm³/mol. The monoisotopic (exact) mass is 308 g/mol. The Morgan fingerprint density at radius 3 is 2.90 bits per heavy atom. The Labute approximate surface area is 132 Å². The number of hydrogen-bond acceptors (Lipinski definition) is 5. The van der Waals surface area contributed by atoms with Gasteiger partial charge in [-0.1, -0.05) is 13.8 Å². The van der Waals surface area contributed by atoms with Crippen molar-refractivity contribution in [3.8, 4) is 0 Å². The maximum atomic E-state index is 5.02. The summed E-state index contributed by atoms with van der Waals surface area (Å²) in [6.07, 6.45) is 3.76. The van der Waals surface area contributed by atoms with Crippen molar-refractivity contribution >= 4 is 16.5 Å². The van der Waals surface area contributed by atoms with E-state index in [1.165, 1.54) is 41.5 Å². The predicted octanol–water partition coefficient (Wildman–Crippen LogP) is 2.66. The number of nitrogens with zero attached hydrogens (tertiary/aromatic N) is 3. The summed E-state index contributed by atoms with van der Waals surface area (Å²) >= 11 is 1.94. The van der Waals surface area contributed by atoms with Crippen LogP contribution < -0.4 is 10.2 Å². The molecule has 4 nitrogen and oxygen atoms in total. The van der Waals surface area contributed by atoms with Crippen LogP contribution in [0, 0.1) is 0 Å². The number of aryl methyl sites for hydroxylation is 1. The third-order valence-electron chi connectivity index (χ3n) is 4.84. The average molecular weight is 308 g/mol. The summed E-state index contributed by atoms with van der Waals surface area (Å²) in [4.78, 5) is 11.6. The van der Waals surface area contributed by atoms with Crippen LogP contribution in [0.15, 0.2) is 0 Å². The summed E-state index contributed by atoms with van der Waals surface area (Å²) in [5, 5.41) is 4.86. The normalized spacial score (nSPS) is 26.9. The van der Waals surface area contributed by atoms with Crippen molar-refractivity contribution < 1.29 is 0 Å². The SMILES string of the molecule is CCNC1CCCc2sc(N3CCN(CC)C(C)C3)nc21. The molecule has 1 aromatic heterocycles. The first-order valence-electron chi connectivity index (χ1n) is 8.44. The van der Waals surface area contributed by atoms with Gasteiger partial charge in [-0.15, -0.1) is 11.3 Å². The molecule has 2 aliphatic rings. The molecule has 0 aromatic carbocycles. The fraction of sp³-hybridized carbons (Fsp3) is 0.812. The minimum atomic E-state index is 0.484. The molecule has 0 spiro atoms. The van der Waals surface area contributed by atoms with Gasteiger partial charge in [0.05, 0.1) is 11.7 Å². The number of piperazine rings is 1. The van der Waals surface area contributed by atoms with Gasteiger partial charge in [-0.2, -0.15) is 0 Å². The lowest BCUT2D eigenvalue weighted by Gasteiger charge is -2.39. The molecule has 0 bridgehead atoms. The number of thiazole rings is 1. The quantitative estimate of drug-likeness (QED) is 0.926. The highest BCUT2D eigenvalue weighted by Crippen LogP contribution is 2.37. The fourth-order valence-electron chi connectivity index (χ4n) is 3.62. The van der Waals surface area contributed by atoms with Gasteiger partial charge in [0.25, 0.3) is 0 Å². The molecule has 0 saturated carbocycles. The van der Waals surface area contributed by atoms with Crippen molar-refractivity contribution in [3.05, 3.63) is 10.6 Å². The number of nitrogens with one attached hydrogen (secondary N) is 1. The molecule has 1 fully saturated rings. The van der Waals surface area contributed by atoms with Gasteiger partial charge in [-0.25, -0.2) is 4.98 Å². The highest BCUT2D eigenvalue weighted by atomic mass is 32.1. The Bertz CT molecular complexity index is 473. The molecule has 2 atom stereocenters. The van der Waals surface area contributed by atoms with Gasteiger partial charge in [-0.05, 0) is 39.3 Å². The van der Waals surface area contributed by atoms with Gasteiger partial charge in [0.15, 0.2) is 5.13 Å². The summed E-state index contributed by atoms with van der Waals surface area (Å²) in [6.45, 7) is 12.4.